The Hall–Kier alpha value is -3.25. The van der Waals surface area contributed by atoms with Gasteiger partial charge in [-0.05, 0) is 29.8 Å². The maximum absolute atomic E-state index is 14.0. The number of pyridine rings is 1. The number of hydrogen-bond donors (Lipinski definition) is 1. The van der Waals surface area contributed by atoms with E-state index in [4.69, 9.17) is 0 Å². The number of amides is 1. The number of halogens is 1. The lowest BCUT2D eigenvalue weighted by Crippen LogP contribution is -2.48. The van der Waals surface area contributed by atoms with Crippen LogP contribution in [0, 0.1) is 5.82 Å². The minimum atomic E-state index is -0.383. The van der Waals surface area contributed by atoms with Crippen LogP contribution in [0.15, 0.2) is 72.9 Å². The number of aromatic nitrogens is 1. The maximum atomic E-state index is 14.0. The molecule has 1 aliphatic heterocycles. The van der Waals surface area contributed by atoms with Gasteiger partial charge in [0.15, 0.2) is 0 Å². The normalized spacial score (nSPS) is 14.6. The molecule has 0 radical (unpaired) electrons. The summed E-state index contributed by atoms with van der Waals surface area (Å²) >= 11 is 0. The predicted octanol–water partition coefficient (Wildman–Crippen LogP) is 3.92. The summed E-state index contributed by atoms with van der Waals surface area (Å²) in [4.78, 5) is 21.5. The predicted molar refractivity (Wildman–Crippen MR) is 112 cm³/mol. The third kappa shape index (κ3) is 4.60. The molecule has 1 aromatic heterocycles. The average Bonchev–Trinajstić information content (AvgIpc) is 2.77. The molecule has 2 heterocycles. The van der Waals surface area contributed by atoms with E-state index < -0.39 is 0 Å². The number of carbonyl (C=O) groups is 1. The first-order valence-electron chi connectivity index (χ1n) is 9.73. The Kier molecular flexibility index (Phi) is 5.81. The zero-order valence-corrected chi connectivity index (χ0v) is 16.1. The molecule has 0 unspecified atom stereocenters. The molecule has 2 aromatic carbocycles. The fourth-order valence-electron chi connectivity index (χ4n) is 3.49. The van der Waals surface area contributed by atoms with Crippen LogP contribution >= 0.6 is 0 Å². The second-order valence-electron chi connectivity index (χ2n) is 7.06. The number of piperazine rings is 1. The van der Waals surface area contributed by atoms with E-state index in [-0.39, 0.29) is 11.7 Å². The Morgan fingerprint density at radius 3 is 2.41 bits per heavy atom. The lowest BCUT2D eigenvalue weighted by Gasteiger charge is -2.35. The van der Waals surface area contributed by atoms with Gasteiger partial charge in [-0.2, -0.15) is 0 Å². The van der Waals surface area contributed by atoms with Crippen LogP contribution in [0.1, 0.15) is 15.9 Å². The van der Waals surface area contributed by atoms with Gasteiger partial charge in [-0.1, -0.05) is 42.5 Å². The minimum absolute atomic E-state index is 0.0868. The second kappa shape index (κ2) is 8.84. The number of para-hydroxylation sites is 1. The molecule has 1 saturated heterocycles. The van der Waals surface area contributed by atoms with Gasteiger partial charge in [0.1, 0.15) is 11.6 Å². The Balaban J connectivity index is 1.42. The van der Waals surface area contributed by atoms with Crippen molar-refractivity contribution in [2.75, 3.05) is 31.5 Å². The van der Waals surface area contributed by atoms with Crippen molar-refractivity contribution in [3.8, 4) is 0 Å². The molecule has 0 atom stereocenters. The molecule has 1 aliphatic rings. The first-order valence-corrected chi connectivity index (χ1v) is 9.73. The molecule has 0 bridgehead atoms. The molecule has 29 heavy (non-hydrogen) atoms. The van der Waals surface area contributed by atoms with Crippen molar-refractivity contribution in [1.82, 2.24) is 14.8 Å². The van der Waals surface area contributed by atoms with Gasteiger partial charge in [-0.15, -0.1) is 0 Å². The molecule has 148 valence electrons. The molecule has 0 saturated carbocycles. The summed E-state index contributed by atoms with van der Waals surface area (Å²) in [6, 6.07) is 20.2. The minimum Gasteiger partial charge on any atom is -0.337 e. The lowest BCUT2D eigenvalue weighted by atomic mass is 10.1. The molecule has 0 aliphatic carbocycles. The Morgan fingerprint density at radius 1 is 0.931 bits per heavy atom. The highest BCUT2D eigenvalue weighted by Gasteiger charge is 2.24. The zero-order valence-electron chi connectivity index (χ0n) is 16.1. The van der Waals surface area contributed by atoms with E-state index in [1.807, 2.05) is 23.1 Å². The summed E-state index contributed by atoms with van der Waals surface area (Å²) in [6.45, 7) is 3.82. The van der Waals surface area contributed by atoms with Crippen molar-refractivity contribution in [1.29, 1.82) is 0 Å². The van der Waals surface area contributed by atoms with Crippen LogP contribution < -0.4 is 5.32 Å². The average molecular weight is 390 g/mol. The van der Waals surface area contributed by atoms with Crippen LogP contribution in [0.25, 0.3) is 0 Å². The topological polar surface area (TPSA) is 48.5 Å². The van der Waals surface area contributed by atoms with Crippen LogP contribution in [0.2, 0.25) is 0 Å². The van der Waals surface area contributed by atoms with Crippen LogP contribution in [-0.4, -0.2) is 46.9 Å². The van der Waals surface area contributed by atoms with Crippen LogP contribution in [0.5, 0.6) is 0 Å². The van der Waals surface area contributed by atoms with Crippen molar-refractivity contribution in [2.24, 2.45) is 0 Å². The highest BCUT2D eigenvalue weighted by atomic mass is 19.1. The molecule has 3 aromatic rings. The first-order chi connectivity index (χ1) is 14.2. The maximum Gasteiger partial charge on any atom is 0.257 e. The molecule has 0 spiro atoms. The van der Waals surface area contributed by atoms with Crippen LogP contribution in [0.3, 0.4) is 0 Å². The Labute approximate surface area is 169 Å². The zero-order chi connectivity index (χ0) is 20.1. The number of nitrogens with zero attached hydrogens (tertiary/aromatic N) is 3. The molecule has 1 amide bonds. The number of benzene rings is 2. The third-order valence-electron chi connectivity index (χ3n) is 5.07. The molecular formula is C23H23FN4O. The Bertz CT molecular complexity index is 971. The standard InChI is InChI=1S/C23H23FN4O/c24-20-10-4-5-11-21(20)26-22-19(9-6-12-25-22)23(29)28-15-13-27(14-16-28)17-18-7-2-1-3-8-18/h1-12H,13-17H2,(H,25,26). The summed E-state index contributed by atoms with van der Waals surface area (Å²) < 4.78 is 14.0. The Morgan fingerprint density at radius 2 is 1.66 bits per heavy atom. The number of rotatable bonds is 5. The fraction of sp³-hybridized carbons (Fsp3) is 0.217. The van der Waals surface area contributed by atoms with Crippen molar-refractivity contribution in [2.45, 2.75) is 6.54 Å². The van der Waals surface area contributed by atoms with Gasteiger partial charge in [0.25, 0.3) is 5.91 Å². The second-order valence-corrected chi connectivity index (χ2v) is 7.06. The van der Waals surface area contributed by atoms with Gasteiger partial charge in [0.05, 0.1) is 11.3 Å². The van der Waals surface area contributed by atoms with E-state index in [9.17, 15) is 9.18 Å². The van der Waals surface area contributed by atoms with Gasteiger partial charge in [0, 0.05) is 38.9 Å². The molecule has 5 nitrogen and oxygen atoms in total. The van der Waals surface area contributed by atoms with Gasteiger partial charge in [-0.25, -0.2) is 9.37 Å². The molecule has 4 rings (SSSR count). The third-order valence-corrected chi connectivity index (χ3v) is 5.07. The largest absolute Gasteiger partial charge is 0.337 e. The van der Waals surface area contributed by atoms with Crippen LogP contribution in [-0.2, 0) is 6.54 Å². The number of anilines is 2. The van der Waals surface area contributed by atoms with Gasteiger partial charge in [0.2, 0.25) is 0 Å². The van der Waals surface area contributed by atoms with E-state index in [0.29, 0.717) is 30.2 Å². The smallest absolute Gasteiger partial charge is 0.257 e. The summed E-state index contributed by atoms with van der Waals surface area (Å²) in [5, 5.41) is 2.96. The van der Waals surface area contributed by atoms with E-state index in [2.05, 4.69) is 27.3 Å². The van der Waals surface area contributed by atoms with Gasteiger partial charge >= 0.3 is 0 Å². The SMILES string of the molecule is O=C(c1cccnc1Nc1ccccc1F)N1CCN(Cc2ccccc2)CC1. The number of carbonyl (C=O) groups excluding carboxylic acids is 1. The van der Waals surface area contributed by atoms with Crippen molar-refractivity contribution in [3.63, 3.8) is 0 Å². The number of hydrogen-bond acceptors (Lipinski definition) is 4. The van der Waals surface area contributed by atoms with E-state index >= 15 is 0 Å². The highest BCUT2D eigenvalue weighted by molar-refractivity contribution is 5.99. The summed E-state index contributed by atoms with van der Waals surface area (Å²) in [7, 11) is 0. The monoisotopic (exact) mass is 390 g/mol. The number of nitrogens with one attached hydrogen (secondary N) is 1. The van der Waals surface area contributed by atoms with Gasteiger partial charge in [-0.3, -0.25) is 9.69 Å². The molecule has 1 fully saturated rings. The molecule has 1 N–H and O–H groups in total. The first kappa shape index (κ1) is 19.1. The van der Waals surface area contributed by atoms with Gasteiger partial charge < -0.3 is 10.2 Å². The summed E-state index contributed by atoms with van der Waals surface area (Å²) in [5.41, 5.74) is 2.02. The lowest BCUT2D eigenvalue weighted by molar-refractivity contribution is 0.0629. The van der Waals surface area contributed by atoms with E-state index in [1.165, 1.54) is 11.6 Å². The van der Waals surface area contributed by atoms with Crippen LogP contribution in [0.4, 0.5) is 15.9 Å². The van der Waals surface area contributed by atoms with E-state index in [0.717, 1.165) is 19.6 Å². The summed E-state index contributed by atoms with van der Waals surface area (Å²) in [5.74, 6) is -0.100. The van der Waals surface area contributed by atoms with Crippen molar-refractivity contribution in [3.05, 3.63) is 89.9 Å². The fourth-order valence-corrected chi connectivity index (χ4v) is 3.49. The molecule has 6 heteroatoms. The quantitative estimate of drug-likeness (QED) is 0.717. The summed E-state index contributed by atoms with van der Waals surface area (Å²) in [6.07, 6.45) is 1.59. The van der Waals surface area contributed by atoms with Crippen molar-refractivity contribution >= 4 is 17.4 Å². The van der Waals surface area contributed by atoms with E-state index in [1.54, 1.807) is 36.5 Å². The highest BCUT2D eigenvalue weighted by Crippen LogP contribution is 2.22. The van der Waals surface area contributed by atoms with Crippen molar-refractivity contribution < 1.29 is 9.18 Å². The molecular weight excluding hydrogens is 367 g/mol.